The summed E-state index contributed by atoms with van der Waals surface area (Å²) in [6.07, 6.45) is 14.6. The van der Waals surface area contributed by atoms with Gasteiger partial charge in [-0.3, -0.25) is 9.13 Å². The minimum atomic E-state index is -4.19. The van der Waals surface area contributed by atoms with Gasteiger partial charge in [0.2, 0.25) is 0 Å². The molecule has 0 aliphatic rings. The Morgan fingerprint density at radius 2 is 0.906 bits per heavy atom. The van der Waals surface area contributed by atoms with Crippen LogP contribution in [0.15, 0.2) is 58.2 Å². The number of allylic oxidation sites excluding steroid dienone is 10. The average Bonchev–Trinajstić information content (AvgIpc) is 2.63. The lowest BCUT2D eigenvalue weighted by Gasteiger charge is -2.15. The first-order valence-electron chi connectivity index (χ1n) is 11.3. The fourth-order valence-corrected chi connectivity index (χ4v) is 6.05. The first-order valence-corrected chi connectivity index (χ1v) is 14.8. The molecule has 0 bridgehead atoms. The van der Waals surface area contributed by atoms with Gasteiger partial charge in [-0.15, -0.1) is 0 Å². The highest BCUT2D eigenvalue weighted by atomic mass is 31.3. The minimum Gasteiger partial charge on any atom is -0.324 e. The second-order valence-corrected chi connectivity index (χ2v) is 13.0. The maximum Gasteiger partial charge on any atom is 0.339 e. The number of hydrogen-bond donors (Lipinski definition) is 2. The predicted octanol–water partition coefficient (Wildman–Crippen LogP) is 8.49. The zero-order valence-corrected chi connectivity index (χ0v) is 22.8. The van der Waals surface area contributed by atoms with E-state index in [1.54, 1.807) is 12.2 Å². The lowest BCUT2D eigenvalue weighted by atomic mass is 10.1. The highest BCUT2D eigenvalue weighted by molar-refractivity contribution is 7.66. The Bertz CT molecular complexity index is 823. The monoisotopic (exact) mass is 486 g/mol. The van der Waals surface area contributed by atoms with E-state index >= 15 is 0 Å². The van der Waals surface area contributed by atoms with Crippen LogP contribution in [0.2, 0.25) is 0 Å². The summed E-state index contributed by atoms with van der Waals surface area (Å²) in [5.74, 6) is 0. The third-order valence-electron chi connectivity index (χ3n) is 4.81. The van der Waals surface area contributed by atoms with Crippen molar-refractivity contribution in [3.63, 3.8) is 0 Å². The molecule has 7 heteroatoms. The summed E-state index contributed by atoms with van der Waals surface area (Å²) < 4.78 is 29.3. The van der Waals surface area contributed by atoms with Crippen molar-refractivity contribution in [2.45, 2.75) is 87.0 Å². The summed E-state index contributed by atoms with van der Waals surface area (Å²) in [7, 11) is -8.37. The van der Waals surface area contributed by atoms with Crippen molar-refractivity contribution in [2.75, 3.05) is 12.3 Å². The van der Waals surface area contributed by atoms with Gasteiger partial charge >= 0.3 is 15.2 Å². The van der Waals surface area contributed by atoms with Crippen LogP contribution in [0.1, 0.15) is 87.0 Å². The average molecular weight is 487 g/mol. The van der Waals surface area contributed by atoms with Crippen LogP contribution in [0.3, 0.4) is 0 Å². The van der Waals surface area contributed by atoms with Gasteiger partial charge in [0.1, 0.15) is 0 Å². The van der Waals surface area contributed by atoms with Gasteiger partial charge in [0.15, 0.2) is 0 Å². The summed E-state index contributed by atoms with van der Waals surface area (Å²) in [6, 6.07) is 0. The van der Waals surface area contributed by atoms with Gasteiger partial charge in [-0.1, -0.05) is 58.2 Å². The van der Waals surface area contributed by atoms with Crippen molar-refractivity contribution < 1.29 is 23.2 Å². The SMILES string of the molecule is CC(C)=CCCC(C)=CCCC(C)=CCP(=O)(O)OP(=O)(O)C/C=C(\C)CCC=C(C)C. The lowest BCUT2D eigenvalue weighted by Crippen LogP contribution is -1.96. The fraction of sp³-hybridized carbons (Fsp3) is 0.600. The highest BCUT2D eigenvalue weighted by Crippen LogP contribution is 2.59. The third kappa shape index (κ3) is 18.6. The molecule has 32 heavy (non-hydrogen) atoms. The Kier molecular flexibility index (Phi) is 15.3. The zero-order valence-electron chi connectivity index (χ0n) is 21.1. The first-order chi connectivity index (χ1) is 14.7. The van der Waals surface area contributed by atoms with Gasteiger partial charge in [-0.25, -0.2) is 4.31 Å². The Balaban J connectivity index is 4.60. The van der Waals surface area contributed by atoms with Gasteiger partial charge in [0.25, 0.3) is 0 Å². The van der Waals surface area contributed by atoms with E-state index in [2.05, 4.69) is 39.0 Å². The van der Waals surface area contributed by atoms with Crippen LogP contribution in [-0.4, -0.2) is 22.1 Å². The molecule has 2 unspecified atom stereocenters. The Morgan fingerprint density at radius 1 is 0.594 bits per heavy atom. The van der Waals surface area contributed by atoms with Crippen LogP contribution < -0.4 is 0 Å². The summed E-state index contributed by atoms with van der Waals surface area (Å²) in [4.78, 5) is 20.0. The van der Waals surface area contributed by atoms with E-state index in [-0.39, 0.29) is 12.3 Å². The molecule has 0 aliphatic heterocycles. The van der Waals surface area contributed by atoms with E-state index < -0.39 is 15.2 Å². The van der Waals surface area contributed by atoms with Gasteiger partial charge in [0, 0.05) is 0 Å². The third-order valence-corrected chi connectivity index (χ3v) is 8.14. The molecule has 0 heterocycles. The molecule has 0 aromatic rings. The van der Waals surface area contributed by atoms with Crippen LogP contribution in [-0.2, 0) is 13.4 Å². The molecule has 0 rings (SSSR count). The lowest BCUT2D eigenvalue weighted by molar-refractivity contribution is 0.336. The summed E-state index contributed by atoms with van der Waals surface area (Å²) in [6.45, 7) is 14.1. The topological polar surface area (TPSA) is 83.8 Å². The number of hydrogen-bond acceptors (Lipinski definition) is 3. The van der Waals surface area contributed by atoms with E-state index in [1.165, 1.54) is 16.7 Å². The molecule has 0 aromatic carbocycles. The molecule has 0 aromatic heterocycles. The van der Waals surface area contributed by atoms with E-state index in [0.29, 0.717) is 0 Å². The summed E-state index contributed by atoms with van der Waals surface area (Å²) >= 11 is 0. The molecule has 184 valence electrons. The van der Waals surface area contributed by atoms with Crippen LogP contribution in [0.5, 0.6) is 0 Å². The summed E-state index contributed by atoms with van der Waals surface area (Å²) in [5, 5.41) is 0. The largest absolute Gasteiger partial charge is 0.339 e. The second kappa shape index (κ2) is 15.8. The Labute approximate surface area is 196 Å². The Hall–Kier alpha value is -0.960. The van der Waals surface area contributed by atoms with Gasteiger partial charge < -0.3 is 9.79 Å². The standard InChI is InChI=1S/C25H44O5P2/c1-21(2)11-8-13-23(5)15-10-16-25(7)18-20-32(28,29)30-31(26,27)19-17-24(6)14-9-12-22(3)4/h11-12,15,17-18H,8-10,13-14,16,19-20H2,1-7H3,(H,26,27)(H,28,29)/b23-15?,24-17+,25-18?. The normalized spacial score (nSPS) is 16.8. The quantitative estimate of drug-likeness (QED) is 0.179. The molecule has 0 radical (unpaired) electrons. The minimum absolute atomic E-state index is 0.266. The molecular formula is C25H44O5P2. The molecule has 0 saturated carbocycles. The summed E-state index contributed by atoms with van der Waals surface area (Å²) in [5.41, 5.74) is 5.79. The molecule has 0 amide bonds. The fourth-order valence-electron chi connectivity index (χ4n) is 2.84. The van der Waals surface area contributed by atoms with Crippen LogP contribution in [0.4, 0.5) is 0 Å². The smallest absolute Gasteiger partial charge is 0.324 e. The van der Waals surface area contributed by atoms with Crippen LogP contribution in [0, 0.1) is 0 Å². The van der Waals surface area contributed by atoms with Crippen molar-refractivity contribution in [1.82, 2.24) is 0 Å². The second-order valence-electron chi connectivity index (χ2n) is 9.05. The van der Waals surface area contributed by atoms with Crippen LogP contribution >= 0.6 is 15.2 Å². The van der Waals surface area contributed by atoms with Crippen molar-refractivity contribution >= 4 is 15.2 Å². The van der Waals surface area contributed by atoms with Crippen LogP contribution in [0.25, 0.3) is 0 Å². The molecule has 0 aliphatic carbocycles. The molecule has 0 fully saturated rings. The van der Waals surface area contributed by atoms with E-state index in [4.69, 9.17) is 4.31 Å². The highest BCUT2D eigenvalue weighted by Gasteiger charge is 2.30. The maximum atomic E-state index is 12.3. The molecule has 0 spiro atoms. The zero-order chi connectivity index (χ0) is 24.8. The Morgan fingerprint density at radius 3 is 1.25 bits per heavy atom. The molecule has 0 saturated heterocycles. The predicted molar refractivity (Wildman–Crippen MR) is 138 cm³/mol. The molecule has 5 nitrogen and oxygen atoms in total. The first kappa shape index (κ1) is 31.0. The molecule has 2 N–H and O–H groups in total. The maximum absolute atomic E-state index is 12.3. The van der Waals surface area contributed by atoms with Gasteiger partial charge in [-0.05, 0) is 87.0 Å². The molecular weight excluding hydrogens is 442 g/mol. The van der Waals surface area contributed by atoms with Crippen molar-refractivity contribution in [3.05, 3.63) is 58.2 Å². The van der Waals surface area contributed by atoms with Gasteiger partial charge in [-0.2, -0.15) is 0 Å². The van der Waals surface area contributed by atoms with E-state index in [9.17, 15) is 18.9 Å². The number of rotatable bonds is 15. The molecule has 2 atom stereocenters. The van der Waals surface area contributed by atoms with Crippen molar-refractivity contribution in [1.29, 1.82) is 0 Å². The van der Waals surface area contributed by atoms with E-state index in [0.717, 1.165) is 49.7 Å². The van der Waals surface area contributed by atoms with Gasteiger partial charge in [0.05, 0.1) is 12.3 Å². The van der Waals surface area contributed by atoms with Crippen molar-refractivity contribution in [2.24, 2.45) is 0 Å². The van der Waals surface area contributed by atoms with Crippen molar-refractivity contribution in [3.8, 4) is 0 Å². The van der Waals surface area contributed by atoms with E-state index in [1.807, 2.05) is 27.7 Å².